The van der Waals surface area contributed by atoms with Crippen LogP contribution in [0.1, 0.15) is 28.8 Å². The first-order chi connectivity index (χ1) is 15.5. The number of hydrogen-bond donors (Lipinski definition) is 2. The number of carbonyl (C=O) groups excluding carboxylic acids is 2. The fourth-order valence-corrected chi connectivity index (χ4v) is 3.96. The number of nitrogens with zero attached hydrogens (tertiary/aromatic N) is 2. The molecule has 0 atom stereocenters. The number of ether oxygens (including phenoxy) is 1. The van der Waals surface area contributed by atoms with Gasteiger partial charge < -0.3 is 15.8 Å². The Kier molecular flexibility index (Phi) is 6.51. The number of nitrogens with one attached hydrogen (secondary N) is 1. The van der Waals surface area contributed by atoms with E-state index in [2.05, 4.69) is 15.3 Å². The van der Waals surface area contributed by atoms with Gasteiger partial charge in [0.15, 0.2) is 5.17 Å². The standard InChI is InChI=1S/C18H16N4O3S.C6H6/c1-25-15-11-6-9(2-5-13(11)20-8-12(15)16(19)23)7-14-17(24)22-18(26-14)21-10-3-4-10;1-2-4-6-5-3-1/h2,5-8,10H,3-4H2,1H3,(H2,19,23)(H,21,22,24);1-6H/b14-7-;. The van der Waals surface area contributed by atoms with Crippen LogP contribution in [0.25, 0.3) is 17.0 Å². The number of primary amides is 1. The molecule has 1 aliphatic heterocycles. The number of hydrogen-bond acceptors (Lipinski definition) is 6. The van der Waals surface area contributed by atoms with Gasteiger partial charge >= 0.3 is 0 Å². The number of nitrogens with two attached hydrogens (primary N) is 1. The van der Waals surface area contributed by atoms with Gasteiger partial charge in [-0.25, -0.2) is 0 Å². The molecule has 7 nitrogen and oxygen atoms in total. The quantitative estimate of drug-likeness (QED) is 0.594. The van der Waals surface area contributed by atoms with Crippen LogP contribution < -0.4 is 15.8 Å². The average Bonchev–Trinajstić information content (AvgIpc) is 3.56. The molecule has 32 heavy (non-hydrogen) atoms. The number of aliphatic imine (C=N–C) groups is 1. The Bertz CT molecular complexity index is 1190. The highest BCUT2D eigenvalue weighted by Gasteiger charge is 2.28. The van der Waals surface area contributed by atoms with Gasteiger partial charge in [-0.3, -0.25) is 19.6 Å². The Labute approximate surface area is 189 Å². The van der Waals surface area contributed by atoms with Crippen molar-refractivity contribution in [3.63, 3.8) is 0 Å². The molecule has 3 N–H and O–H groups in total. The summed E-state index contributed by atoms with van der Waals surface area (Å²) in [5, 5.41) is 4.10. The fourth-order valence-electron chi connectivity index (χ4n) is 3.07. The molecule has 1 aromatic heterocycles. The van der Waals surface area contributed by atoms with Crippen molar-refractivity contribution < 1.29 is 14.3 Å². The van der Waals surface area contributed by atoms with Gasteiger partial charge in [0.1, 0.15) is 11.3 Å². The van der Waals surface area contributed by atoms with Crippen LogP contribution in [0.2, 0.25) is 0 Å². The van der Waals surface area contributed by atoms with Gasteiger partial charge in [-0.05, 0) is 48.4 Å². The van der Waals surface area contributed by atoms with E-state index in [9.17, 15) is 9.59 Å². The molecule has 1 saturated carbocycles. The first kappa shape index (κ1) is 21.6. The van der Waals surface area contributed by atoms with Crippen molar-refractivity contribution in [2.45, 2.75) is 18.9 Å². The zero-order valence-electron chi connectivity index (χ0n) is 17.4. The van der Waals surface area contributed by atoms with Crippen molar-refractivity contribution in [3.8, 4) is 5.75 Å². The second-order valence-corrected chi connectivity index (χ2v) is 8.26. The molecule has 0 spiro atoms. The Morgan fingerprint density at radius 2 is 1.91 bits per heavy atom. The van der Waals surface area contributed by atoms with Crippen LogP contribution in [0.15, 0.2) is 70.7 Å². The van der Waals surface area contributed by atoms with E-state index < -0.39 is 5.91 Å². The lowest BCUT2D eigenvalue weighted by Crippen LogP contribution is -2.20. The number of amidine groups is 1. The summed E-state index contributed by atoms with van der Waals surface area (Å²) >= 11 is 1.33. The van der Waals surface area contributed by atoms with E-state index in [1.54, 1.807) is 6.08 Å². The van der Waals surface area contributed by atoms with Crippen LogP contribution in [0.4, 0.5) is 0 Å². The number of methoxy groups -OCH3 is 1. The first-order valence-electron chi connectivity index (χ1n) is 10.1. The van der Waals surface area contributed by atoms with E-state index in [1.165, 1.54) is 25.1 Å². The van der Waals surface area contributed by atoms with E-state index in [1.807, 2.05) is 54.6 Å². The Hall–Kier alpha value is -3.65. The number of thioether (sulfide) groups is 1. The van der Waals surface area contributed by atoms with Crippen molar-refractivity contribution >= 4 is 45.7 Å². The monoisotopic (exact) mass is 446 g/mol. The minimum atomic E-state index is -0.605. The van der Waals surface area contributed by atoms with Crippen molar-refractivity contribution in [1.29, 1.82) is 0 Å². The SMILES string of the molecule is COc1c(C(N)=O)cnc2ccc(/C=C3\SC(=NC4CC4)NC3=O)cc12.c1ccccc1. The summed E-state index contributed by atoms with van der Waals surface area (Å²) in [7, 11) is 1.48. The zero-order valence-corrected chi connectivity index (χ0v) is 18.3. The maximum absolute atomic E-state index is 12.1. The second kappa shape index (κ2) is 9.65. The van der Waals surface area contributed by atoms with Crippen molar-refractivity contribution in [3.05, 3.63) is 76.8 Å². The van der Waals surface area contributed by atoms with Crippen molar-refractivity contribution in [2.75, 3.05) is 7.11 Å². The number of pyridine rings is 1. The van der Waals surface area contributed by atoms with Crippen LogP contribution in [0.3, 0.4) is 0 Å². The van der Waals surface area contributed by atoms with Crippen LogP contribution in [0, 0.1) is 0 Å². The van der Waals surface area contributed by atoms with Gasteiger partial charge in [-0.1, -0.05) is 42.5 Å². The van der Waals surface area contributed by atoms with Crippen molar-refractivity contribution in [2.24, 2.45) is 10.7 Å². The molecule has 2 heterocycles. The lowest BCUT2D eigenvalue weighted by Gasteiger charge is -2.09. The normalized spacial score (nSPS) is 17.7. The third-order valence-corrected chi connectivity index (χ3v) is 5.70. The molecule has 0 radical (unpaired) electrons. The van der Waals surface area contributed by atoms with Gasteiger partial charge in [0.25, 0.3) is 11.8 Å². The van der Waals surface area contributed by atoms with E-state index in [0.717, 1.165) is 18.4 Å². The molecule has 8 heteroatoms. The van der Waals surface area contributed by atoms with Crippen LogP contribution in [0.5, 0.6) is 5.75 Å². The van der Waals surface area contributed by atoms with Gasteiger partial charge in [0.05, 0.1) is 23.6 Å². The summed E-state index contributed by atoms with van der Waals surface area (Å²) < 4.78 is 5.37. The van der Waals surface area contributed by atoms with E-state index in [4.69, 9.17) is 10.5 Å². The summed E-state index contributed by atoms with van der Waals surface area (Å²) in [5.41, 5.74) is 7.08. The van der Waals surface area contributed by atoms with E-state index in [-0.39, 0.29) is 11.5 Å². The molecule has 1 aliphatic carbocycles. The maximum Gasteiger partial charge on any atom is 0.264 e. The molecule has 2 aliphatic rings. The van der Waals surface area contributed by atoms with Gasteiger partial charge in [-0.15, -0.1) is 0 Å². The fraction of sp³-hybridized carbons (Fsp3) is 0.167. The molecule has 5 rings (SSSR count). The molecule has 2 fully saturated rings. The van der Waals surface area contributed by atoms with E-state index >= 15 is 0 Å². The van der Waals surface area contributed by atoms with Gasteiger partial charge in [0.2, 0.25) is 0 Å². The number of carbonyl (C=O) groups is 2. The number of aromatic nitrogens is 1. The predicted octanol–water partition coefficient (Wildman–Crippen LogP) is 3.75. The van der Waals surface area contributed by atoms with E-state index in [0.29, 0.717) is 32.8 Å². The topological polar surface area (TPSA) is 107 Å². The predicted molar refractivity (Wildman–Crippen MR) is 127 cm³/mol. The summed E-state index contributed by atoms with van der Waals surface area (Å²) in [4.78, 5) is 33.0. The Morgan fingerprint density at radius 3 is 2.50 bits per heavy atom. The second-order valence-electron chi connectivity index (χ2n) is 7.23. The Balaban J connectivity index is 0.000000354. The van der Waals surface area contributed by atoms with Crippen LogP contribution >= 0.6 is 11.8 Å². The first-order valence-corrected chi connectivity index (χ1v) is 10.9. The summed E-state index contributed by atoms with van der Waals surface area (Å²) in [5.74, 6) is -0.389. The third-order valence-electron chi connectivity index (χ3n) is 4.77. The summed E-state index contributed by atoms with van der Waals surface area (Å²) in [6.45, 7) is 0. The number of rotatable bonds is 4. The minimum absolute atomic E-state index is 0.162. The van der Waals surface area contributed by atoms with Gasteiger partial charge in [-0.2, -0.15) is 0 Å². The average molecular weight is 447 g/mol. The van der Waals surface area contributed by atoms with Crippen molar-refractivity contribution in [1.82, 2.24) is 10.3 Å². The smallest absolute Gasteiger partial charge is 0.264 e. The maximum atomic E-state index is 12.1. The number of amides is 2. The molecular weight excluding hydrogens is 424 g/mol. The third kappa shape index (κ3) is 5.15. The lowest BCUT2D eigenvalue weighted by molar-refractivity contribution is -0.115. The molecule has 162 valence electrons. The molecule has 0 bridgehead atoms. The highest BCUT2D eigenvalue weighted by molar-refractivity contribution is 8.18. The molecule has 3 aromatic rings. The molecular formula is C24H22N4O3S. The van der Waals surface area contributed by atoms with Crippen LogP contribution in [-0.2, 0) is 4.79 Å². The highest BCUT2D eigenvalue weighted by Crippen LogP contribution is 2.32. The van der Waals surface area contributed by atoms with Gasteiger partial charge in [0, 0.05) is 11.6 Å². The molecule has 2 aromatic carbocycles. The minimum Gasteiger partial charge on any atom is -0.495 e. The number of fused-ring (bicyclic) bond motifs is 1. The summed E-state index contributed by atoms with van der Waals surface area (Å²) in [6.07, 6.45) is 5.35. The van der Waals surface area contributed by atoms with Crippen LogP contribution in [-0.4, -0.2) is 35.1 Å². The zero-order chi connectivity index (χ0) is 22.5. The highest BCUT2D eigenvalue weighted by atomic mass is 32.2. The lowest BCUT2D eigenvalue weighted by atomic mass is 10.1. The summed E-state index contributed by atoms with van der Waals surface area (Å²) in [6, 6.07) is 17.8. The molecule has 0 unspecified atom stereocenters. The largest absolute Gasteiger partial charge is 0.495 e. The molecule has 1 saturated heterocycles. The Morgan fingerprint density at radius 1 is 1.22 bits per heavy atom. The molecule has 2 amide bonds. The number of benzene rings is 2.